The molecule has 5 nitrogen and oxygen atoms in total. The normalized spacial score (nSPS) is 12.5. The van der Waals surface area contributed by atoms with Crippen molar-refractivity contribution in [3.63, 3.8) is 0 Å². The van der Waals surface area contributed by atoms with Crippen molar-refractivity contribution < 1.29 is 23.2 Å². The molecule has 0 aliphatic heterocycles. The first kappa shape index (κ1) is 9.51. The van der Waals surface area contributed by atoms with Gasteiger partial charge in [0.25, 0.3) is 0 Å². The molecule has 0 fully saturated rings. The molecule has 1 N–H and O–H groups in total. The highest BCUT2D eigenvalue weighted by molar-refractivity contribution is 9.10. The van der Waals surface area contributed by atoms with Crippen LogP contribution < -0.4 is 0 Å². The third-order valence-electron chi connectivity index (χ3n) is 0.954. The molecule has 0 amide bonds. The van der Waals surface area contributed by atoms with E-state index in [0.717, 1.165) is 0 Å². The number of rotatable bonds is 2. The van der Waals surface area contributed by atoms with Gasteiger partial charge in [0.1, 0.15) is 0 Å². The van der Waals surface area contributed by atoms with Gasteiger partial charge in [0, 0.05) is 0 Å². The van der Waals surface area contributed by atoms with Gasteiger partial charge in [-0.05, 0) is 28.1 Å². The topological polar surface area (TPSA) is 76.7 Å². The van der Waals surface area contributed by atoms with E-state index in [2.05, 4.69) is 20.5 Å². The summed E-state index contributed by atoms with van der Waals surface area (Å²) in [6, 6.07) is 2.81. The summed E-state index contributed by atoms with van der Waals surface area (Å²) >= 11 is 2.96. The molecule has 1 aromatic rings. The maximum absolute atomic E-state index is 10.8. The molecule has 0 aliphatic rings. The molecule has 1 atom stereocenters. The SMILES string of the molecule is O=C(O[PH](=O)O)c1ccc(Br)o1. The Hall–Kier alpha value is -0.580. The van der Waals surface area contributed by atoms with Gasteiger partial charge in [0.05, 0.1) is 0 Å². The zero-order chi connectivity index (χ0) is 9.14. The van der Waals surface area contributed by atoms with Gasteiger partial charge < -0.3 is 13.8 Å². The van der Waals surface area contributed by atoms with Crippen LogP contribution in [0.5, 0.6) is 0 Å². The zero-order valence-corrected chi connectivity index (χ0v) is 8.20. The second kappa shape index (κ2) is 3.89. The molecule has 1 rings (SSSR count). The van der Waals surface area contributed by atoms with Crippen LogP contribution in [0.3, 0.4) is 0 Å². The first-order chi connectivity index (χ1) is 5.59. The smallest absolute Gasteiger partial charge is 0.380 e. The highest BCUT2D eigenvalue weighted by Crippen LogP contribution is 2.20. The third kappa shape index (κ3) is 2.48. The van der Waals surface area contributed by atoms with E-state index < -0.39 is 14.2 Å². The summed E-state index contributed by atoms with van der Waals surface area (Å²) in [7, 11) is -3.25. The van der Waals surface area contributed by atoms with Crippen molar-refractivity contribution in [2.45, 2.75) is 0 Å². The first-order valence-corrected chi connectivity index (χ1v) is 4.85. The molecular formula is C5H4BrO5P. The standard InChI is InChI=1S/C5H4BrO5P/c6-4-2-1-3(10-4)5(7)11-12(8)9/h1-2,12H,(H,8,9). The number of carbonyl (C=O) groups is 1. The largest absolute Gasteiger partial charge is 0.442 e. The summed E-state index contributed by atoms with van der Waals surface area (Å²) in [5.74, 6) is -1.07. The molecular weight excluding hydrogens is 251 g/mol. The van der Waals surface area contributed by atoms with E-state index in [-0.39, 0.29) is 5.76 Å². The van der Waals surface area contributed by atoms with Gasteiger partial charge in [0.2, 0.25) is 5.76 Å². The van der Waals surface area contributed by atoms with Crippen molar-refractivity contribution in [2.24, 2.45) is 0 Å². The van der Waals surface area contributed by atoms with Crippen LogP contribution in [-0.2, 0) is 9.09 Å². The molecule has 0 spiro atoms. The molecule has 0 radical (unpaired) electrons. The Labute approximate surface area is 76.4 Å². The second-order valence-electron chi connectivity index (χ2n) is 1.76. The zero-order valence-electron chi connectivity index (χ0n) is 5.61. The minimum Gasteiger partial charge on any atom is -0.442 e. The van der Waals surface area contributed by atoms with Crippen LogP contribution in [0.1, 0.15) is 10.6 Å². The second-order valence-corrected chi connectivity index (χ2v) is 3.28. The Morgan fingerprint density at radius 1 is 1.67 bits per heavy atom. The maximum atomic E-state index is 10.8. The Morgan fingerprint density at radius 2 is 2.33 bits per heavy atom. The summed E-state index contributed by atoms with van der Waals surface area (Å²) in [6.45, 7) is 0. The van der Waals surface area contributed by atoms with Gasteiger partial charge in [0.15, 0.2) is 4.67 Å². The number of carbonyl (C=O) groups excluding carboxylic acids is 1. The number of halogens is 1. The van der Waals surface area contributed by atoms with E-state index in [1.807, 2.05) is 0 Å². The summed E-state index contributed by atoms with van der Waals surface area (Å²) in [5, 5.41) is 0. The van der Waals surface area contributed by atoms with Gasteiger partial charge in [-0.2, -0.15) is 0 Å². The van der Waals surface area contributed by atoms with Crippen molar-refractivity contribution in [3.8, 4) is 0 Å². The van der Waals surface area contributed by atoms with Crippen LogP contribution in [0.2, 0.25) is 0 Å². The van der Waals surface area contributed by atoms with E-state index in [9.17, 15) is 9.36 Å². The summed E-state index contributed by atoms with van der Waals surface area (Å²) in [5.41, 5.74) is 0. The van der Waals surface area contributed by atoms with Crippen molar-refractivity contribution in [1.82, 2.24) is 0 Å². The van der Waals surface area contributed by atoms with E-state index in [0.29, 0.717) is 4.67 Å². The van der Waals surface area contributed by atoms with Gasteiger partial charge in [-0.25, -0.2) is 9.36 Å². The fraction of sp³-hybridized carbons (Fsp3) is 0. The number of hydrogen-bond donors (Lipinski definition) is 1. The average molecular weight is 255 g/mol. The maximum Gasteiger partial charge on any atom is 0.380 e. The van der Waals surface area contributed by atoms with Crippen LogP contribution in [-0.4, -0.2) is 10.9 Å². The Balaban J connectivity index is 2.72. The lowest BCUT2D eigenvalue weighted by Crippen LogP contribution is -1.96. The van der Waals surface area contributed by atoms with Crippen molar-refractivity contribution >= 4 is 30.2 Å². The lowest BCUT2D eigenvalue weighted by molar-refractivity contribution is 0.0696. The molecule has 0 saturated carbocycles. The molecule has 0 aliphatic carbocycles. The van der Waals surface area contributed by atoms with Crippen molar-refractivity contribution in [3.05, 3.63) is 22.6 Å². The molecule has 1 unspecified atom stereocenters. The first-order valence-electron chi connectivity index (χ1n) is 2.80. The molecule has 0 bridgehead atoms. The highest BCUT2D eigenvalue weighted by Gasteiger charge is 2.13. The average Bonchev–Trinajstić information content (AvgIpc) is 2.34. The molecule has 12 heavy (non-hydrogen) atoms. The van der Waals surface area contributed by atoms with E-state index in [4.69, 9.17) is 9.31 Å². The lowest BCUT2D eigenvalue weighted by Gasteiger charge is -1.94. The highest BCUT2D eigenvalue weighted by atomic mass is 79.9. The minimum absolute atomic E-state index is 0.116. The van der Waals surface area contributed by atoms with Crippen LogP contribution >= 0.6 is 24.2 Å². The van der Waals surface area contributed by atoms with E-state index in [1.54, 1.807) is 0 Å². The van der Waals surface area contributed by atoms with Gasteiger partial charge in [-0.1, -0.05) is 0 Å². The number of furan rings is 1. The molecule has 66 valence electrons. The molecule has 0 aromatic carbocycles. The van der Waals surface area contributed by atoms with Crippen LogP contribution in [0.25, 0.3) is 0 Å². The predicted octanol–water partition coefficient (Wildman–Crippen LogP) is 1.58. The predicted molar refractivity (Wildman–Crippen MR) is 43.0 cm³/mol. The summed E-state index contributed by atoms with van der Waals surface area (Å²) in [6.07, 6.45) is 0. The van der Waals surface area contributed by atoms with Gasteiger partial charge in [-0.15, -0.1) is 0 Å². The lowest BCUT2D eigenvalue weighted by atomic mass is 10.5. The monoisotopic (exact) mass is 254 g/mol. The van der Waals surface area contributed by atoms with Crippen molar-refractivity contribution in [1.29, 1.82) is 0 Å². The third-order valence-corrected chi connectivity index (χ3v) is 1.74. The van der Waals surface area contributed by atoms with Crippen molar-refractivity contribution in [2.75, 3.05) is 0 Å². The van der Waals surface area contributed by atoms with Crippen LogP contribution in [0, 0.1) is 0 Å². The Kier molecular flexibility index (Phi) is 3.08. The summed E-state index contributed by atoms with van der Waals surface area (Å²) in [4.78, 5) is 19.0. The minimum atomic E-state index is -3.25. The quantitative estimate of drug-likeness (QED) is 0.811. The molecule has 7 heteroatoms. The molecule has 0 saturated heterocycles. The fourth-order valence-corrected chi connectivity index (χ4v) is 1.12. The van der Waals surface area contributed by atoms with Gasteiger partial charge in [-0.3, -0.25) is 0 Å². The Bertz CT molecular complexity index is 319. The van der Waals surface area contributed by atoms with E-state index >= 15 is 0 Å². The van der Waals surface area contributed by atoms with Crippen LogP contribution in [0.15, 0.2) is 21.2 Å². The van der Waals surface area contributed by atoms with Gasteiger partial charge >= 0.3 is 14.2 Å². The Morgan fingerprint density at radius 3 is 2.75 bits per heavy atom. The summed E-state index contributed by atoms with van der Waals surface area (Å²) < 4.78 is 19.2. The molecule has 1 aromatic heterocycles. The van der Waals surface area contributed by atoms with E-state index in [1.165, 1.54) is 12.1 Å². The molecule has 1 heterocycles. The van der Waals surface area contributed by atoms with Crippen LogP contribution in [0.4, 0.5) is 0 Å². The number of hydrogen-bond acceptors (Lipinski definition) is 4. The fourth-order valence-electron chi connectivity index (χ4n) is 0.554.